The van der Waals surface area contributed by atoms with E-state index in [-0.39, 0.29) is 11.1 Å². The van der Waals surface area contributed by atoms with Crippen LogP contribution in [0.15, 0.2) is 35.5 Å². The summed E-state index contributed by atoms with van der Waals surface area (Å²) in [4.78, 5) is 0. The molecular formula is C12H12ClN3O2S. The van der Waals surface area contributed by atoms with Crippen LogP contribution in [0.1, 0.15) is 25.1 Å². The summed E-state index contributed by atoms with van der Waals surface area (Å²) in [5.74, 6) is 1.41. The molecule has 1 heterocycles. The monoisotopic (exact) mass is 297 g/mol. The van der Waals surface area contributed by atoms with Crippen LogP contribution in [-0.2, 0) is 9.05 Å². The normalized spacial score (nSPS) is 22.4. The molecule has 0 saturated heterocycles. The van der Waals surface area contributed by atoms with Gasteiger partial charge in [0.1, 0.15) is 5.82 Å². The number of rotatable bonds is 3. The van der Waals surface area contributed by atoms with Crippen LogP contribution in [0.25, 0.3) is 5.69 Å². The predicted octanol–water partition coefficient (Wildman–Crippen LogP) is 2.32. The zero-order valence-electron chi connectivity index (χ0n) is 10.2. The third-order valence-corrected chi connectivity index (χ3v) is 4.45. The van der Waals surface area contributed by atoms with Gasteiger partial charge in [-0.1, -0.05) is 25.1 Å². The van der Waals surface area contributed by atoms with Gasteiger partial charge in [-0.2, -0.15) is 0 Å². The topological polar surface area (TPSA) is 64.8 Å². The minimum Gasteiger partial charge on any atom is -0.269 e. The molecule has 2 unspecified atom stereocenters. The summed E-state index contributed by atoms with van der Waals surface area (Å²) >= 11 is 0. The Balaban J connectivity index is 2.22. The summed E-state index contributed by atoms with van der Waals surface area (Å²) < 4.78 is 24.8. The van der Waals surface area contributed by atoms with Gasteiger partial charge in [0.25, 0.3) is 14.2 Å². The molecule has 2 atom stereocenters. The second kappa shape index (κ2) is 4.31. The number of benzene rings is 1. The highest BCUT2D eigenvalue weighted by atomic mass is 35.7. The number of para-hydroxylation sites is 1. The maximum atomic E-state index is 11.6. The smallest absolute Gasteiger partial charge is 0.269 e. The Bertz CT molecular complexity index is 712. The fourth-order valence-corrected chi connectivity index (χ4v) is 3.04. The highest BCUT2D eigenvalue weighted by Gasteiger charge is 2.40. The predicted molar refractivity (Wildman–Crippen MR) is 70.9 cm³/mol. The second-order valence-corrected chi connectivity index (χ2v) is 7.23. The van der Waals surface area contributed by atoms with E-state index in [9.17, 15) is 8.42 Å². The van der Waals surface area contributed by atoms with Crippen molar-refractivity contribution in [1.82, 2.24) is 14.8 Å². The molecule has 5 nitrogen and oxygen atoms in total. The zero-order chi connectivity index (χ0) is 13.6. The molecule has 1 saturated carbocycles. The van der Waals surface area contributed by atoms with Crippen molar-refractivity contribution in [3.05, 3.63) is 36.2 Å². The van der Waals surface area contributed by atoms with E-state index in [1.807, 2.05) is 30.3 Å². The molecule has 1 aliphatic rings. The van der Waals surface area contributed by atoms with Gasteiger partial charge < -0.3 is 0 Å². The largest absolute Gasteiger partial charge is 0.297 e. The van der Waals surface area contributed by atoms with E-state index < -0.39 is 9.05 Å². The van der Waals surface area contributed by atoms with Crippen molar-refractivity contribution in [3.8, 4) is 5.69 Å². The zero-order valence-corrected chi connectivity index (χ0v) is 11.8. The lowest BCUT2D eigenvalue weighted by molar-refractivity contribution is 0.596. The molecular weight excluding hydrogens is 286 g/mol. The summed E-state index contributed by atoms with van der Waals surface area (Å²) in [6.45, 7) is 2.10. The van der Waals surface area contributed by atoms with E-state index in [0.29, 0.717) is 17.4 Å². The number of hydrogen-bond acceptors (Lipinski definition) is 4. The summed E-state index contributed by atoms with van der Waals surface area (Å²) in [6, 6.07) is 9.15. The van der Waals surface area contributed by atoms with Crippen molar-refractivity contribution in [2.24, 2.45) is 5.92 Å². The van der Waals surface area contributed by atoms with Crippen LogP contribution in [0.4, 0.5) is 0 Å². The molecule has 3 rings (SSSR count). The first-order chi connectivity index (χ1) is 8.98. The van der Waals surface area contributed by atoms with Crippen LogP contribution in [0.2, 0.25) is 0 Å². The second-order valence-electron chi connectivity index (χ2n) is 4.77. The molecule has 0 aliphatic heterocycles. The van der Waals surface area contributed by atoms with Crippen LogP contribution < -0.4 is 0 Å². The summed E-state index contributed by atoms with van der Waals surface area (Å²) in [5.41, 5.74) is 0.709. The Morgan fingerprint density at radius 1 is 1.26 bits per heavy atom. The van der Waals surface area contributed by atoms with Crippen molar-refractivity contribution in [3.63, 3.8) is 0 Å². The third kappa shape index (κ3) is 2.26. The van der Waals surface area contributed by atoms with Gasteiger partial charge in [-0.15, -0.1) is 10.2 Å². The van der Waals surface area contributed by atoms with Crippen molar-refractivity contribution in [1.29, 1.82) is 0 Å². The lowest BCUT2D eigenvalue weighted by Crippen LogP contribution is -2.07. The lowest BCUT2D eigenvalue weighted by atomic mass is 10.3. The summed E-state index contributed by atoms with van der Waals surface area (Å²) in [6.07, 6.45) is 0.993. The molecule has 0 radical (unpaired) electrons. The van der Waals surface area contributed by atoms with Crippen LogP contribution in [-0.4, -0.2) is 23.2 Å². The van der Waals surface area contributed by atoms with Gasteiger partial charge in [-0.05, 0) is 24.5 Å². The standard InChI is InChI=1S/C12H12ClN3O2S/c1-8-7-10(8)11-14-15-12(19(13,17)18)16(11)9-5-3-2-4-6-9/h2-6,8,10H,7H2,1H3. The molecule has 0 amide bonds. The molecule has 1 aromatic carbocycles. The Kier molecular flexibility index (Phi) is 2.87. The molecule has 100 valence electrons. The molecule has 0 bridgehead atoms. The van der Waals surface area contributed by atoms with E-state index in [2.05, 4.69) is 17.1 Å². The van der Waals surface area contributed by atoms with Crippen molar-refractivity contribution in [2.45, 2.75) is 24.4 Å². The van der Waals surface area contributed by atoms with Gasteiger partial charge in [0.05, 0.1) is 0 Å². The van der Waals surface area contributed by atoms with Gasteiger partial charge in [0.15, 0.2) is 0 Å². The van der Waals surface area contributed by atoms with Gasteiger partial charge in [-0.3, -0.25) is 4.57 Å². The molecule has 0 spiro atoms. The van der Waals surface area contributed by atoms with E-state index in [4.69, 9.17) is 10.7 Å². The van der Waals surface area contributed by atoms with Crippen LogP contribution >= 0.6 is 10.7 Å². The summed E-state index contributed by atoms with van der Waals surface area (Å²) in [7, 11) is 1.51. The SMILES string of the molecule is CC1CC1c1nnc(S(=O)(=O)Cl)n1-c1ccccc1. The Labute approximate surface area is 115 Å². The Morgan fingerprint density at radius 2 is 1.89 bits per heavy atom. The van der Waals surface area contributed by atoms with Gasteiger partial charge in [0.2, 0.25) is 0 Å². The van der Waals surface area contributed by atoms with Gasteiger partial charge in [0, 0.05) is 22.3 Å². The van der Waals surface area contributed by atoms with E-state index in [1.54, 1.807) is 0 Å². The highest BCUT2D eigenvalue weighted by Crippen LogP contribution is 2.47. The minimum atomic E-state index is -3.92. The molecule has 19 heavy (non-hydrogen) atoms. The van der Waals surface area contributed by atoms with Crippen molar-refractivity contribution >= 4 is 19.7 Å². The molecule has 1 aromatic heterocycles. The molecule has 7 heteroatoms. The van der Waals surface area contributed by atoms with Crippen molar-refractivity contribution < 1.29 is 8.42 Å². The number of hydrogen-bond donors (Lipinski definition) is 0. The van der Waals surface area contributed by atoms with Crippen LogP contribution in [0.3, 0.4) is 0 Å². The lowest BCUT2D eigenvalue weighted by Gasteiger charge is -2.08. The maximum absolute atomic E-state index is 11.6. The fourth-order valence-electron chi connectivity index (χ4n) is 2.18. The van der Waals surface area contributed by atoms with Gasteiger partial charge >= 0.3 is 0 Å². The first-order valence-corrected chi connectivity index (χ1v) is 8.25. The average molecular weight is 298 g/mol. The number of halogens is 1. The maximum Gasteiger partial charge on any atom is 0.297 e. The van der Waals surface area contributed by atoms with Crippen molar-refractivity contribution in [2.75, 3.05) is 0 Å². The van der Waals surface area contributed by atoms with E-state index in [1.165, 1.54) is 4.57 Å². The van der Waals surface area contributed by atoms with Gasteiger partial charge in [-0.25, -0.2) is 8.42 Å². The van der Waals surface area contributed by atoms with Crippen LogP contribution in [0.5, 0.6) is 0 Å². The minimum absolute atomic E-state index is 0.213. The third-order valence-electron chi connectivity index (χ3n) is 3.33. The molecule has 1 fully saturated rings. The summed E-state index contributed by atoms with van der Waals surface area (Å²) in [5, 5.41) is 7.56. The van der Waals surface area contributed by atoms with E-state index in [0.717, 1.165) is 6.42 Å². The molecule has 2 aromatic rings. The molecule has 0 N–H and O–H groups in total. The number of aromatic nitrogens is 3. The first-order valence-electron chi connectivity index (χ1n) is 5.94. The highest BCUT2D eigenvalue weighted by molar-refractivity contribution is 8.13. The Hall–Kier alpha value is -1.40. The average Bonchev–Trinajstić information content (AvgIpc) is 2.92. The quantitative estimate of drug-likeness (QED) is 0.816. The first kappa shape index (κ1) is 12.6. The number of nitrogens with zero attached hydrogens (tertiary/aromatic N) is 3. The van der Waals surface area contributed by atoms with Crippen LogP contribution in [0, 0.1) is 5.92 Å². The molecule has 1 aliphatic carbocycles. The fraction of sp³-hybridized carbons (Fsp3) is 0.333. The van der Waals surface area contributed by atoms with E-state index >= 15 is 0 Å². The Morgan fingerprint density at radius 3 is 2.42 bits per heavy atom.